The van der Waals surface area contributed by atoms with E-state index in [2.05, 4.69) is 25.1 Å². The van der Waals surface area contributed by atoms with Gasteiger partial charge >= 0.3 is 0 Å². The predicted molar refractivity (Wildman–Crippen MR) is 111 cm³/mol. The minimum absolute atomic E-state index is 0.106. The average molecular weight is 373 g/mol. The number of allylic oxidation sites excluding steroid dienone is 2. The molecule has 0 unspecified atom stereocenters. The Morgan fingerprint density at radius 1 is 1.00 bits per heavy atom. The lowest BCUT2D eigenvalue weighted by atomic mass is 9.68. The third-order valence-corrected chi connectivity index (χ3v) is 6.97. The van der Waals surface area contributed by atoms with Crippen LogP contribution < -0.4 is 0 Å². The number of hydrogen-bond acceptors (Lipinski definition) is 1. The van der Waals surface area contributed by atoms with Gasteiger partial charge in [0.15, 0.2) is 0 Å². The molecule has 3 rings (SSSR count). The van der Waals surface area contributed by atoms with Gasteiger partial charge in [0.05, 0.1) is 6.61 Å². The fraction of sp³-hybridized carbons (Fsp3) is 0.680. The van der Waals surface area contributed by atoms with E-state index in [4.69, 9.17) is 4.74 Å². The van der Waals surface area contributed by atoms with Gasteiger partial charge in [-0.25, -0.2) is 4.39 Å². The molecule has 1 nitrogen and oxygen atoms in total. The lowest BCUT2D eigenvalue weighted by Gasteiger charge is -2.37. The van der Waals surface area contributed by atoms with E-state index >= 15 is 0 Å². The molecule has 27 heavy (non-hydrogen) atoms. The monoisotopic (exact) mass is 372 g/mol. The molecule has 0 bridgehead atoms. The molecule has 2 aliphatic rings. The first kappa shape index (κ1) is 20.6. The van der Waals surface area contributed by atoms with Crippen molar-refractivity contribution in [1.82, 2.24) is 0 Å². The summed E-state index contributed by atoms with van der Waals surface area (Å²) in [5.41, 5.74) is 1.86. The molecular weight excluding hydrogens is 335 g/mol. The largest absolute Gasteiger partial charge is 0.380 e. The fourth-order valence-corrected chi connectivity index (χ4v) is 5.28. The summed E-state index contributed by atoms with van der Waals surface area (Å²) in [6.45, 7) is 2.61. The van der Waals surface area contributed by atoms with Crippen molar-refractivity contribution in [3.8, 4) is 0 Å². The van der Waals surface area contributed by atoms with Crippen LogP contribution in [0.2, 0.25) is 0 Å². The van der Waals surface area contributed by atoms with Crippen molar-refractivity contribution in [3.05, 3.63) is 47.3 Å². The maximum Gasteiger partial charge on any atom is 0.129 e. The minimum atomic E-state index is -0.106. The molecule has 0 aromatic heterocycles. The summed E-state index contributed by atoms with van der Waals surface area (Å²) in [7, 11) is 1.61. The number of unbranched alkanes of at least 4 members (excludes halogenated alkanes) is 1. The van der Waals surface area contributed by atoms with Crippen LogP contribution in [0.4, 0.5) is 4.39 Å². The van der Waals surface area contributed by atoms with E-state index in [1.165, 1.54) is 69.8 Å². The molecule has 1 aromatic carbocycles. The Balaban J connectivity index is 1.46. The van der Waals surface area contributed by atoms with Crippen LogP contribution in [0.5, 0.6) is 0 Å². The second kappa shape index (κ2) is 10.4. The van der Waals surface area contributed by atoms with E-state index in [-0.39, 0.29) is 5.82 Å². The Labute approximate surface area is 165 Å². The summed E-state index contributed by atoms with van der Waals surface area (Å²) in [4.78, 5) is 0. The van der Waals surface area contributed by atoms with Gasteiger partial charge in [-0.15, -0.1) is 0 Å². The molecule has 0 heterocycles. The van der Waals surface area contributed by atoms with Gasteiger partial charge in [0.1, 0.15) is 5.82 Å². The van der Waals surface area contributed by atoms with E-state index in [1.54, 1.807) is 13.2 Å². The van der Waals surface area contributed by atoms with Gasteiger partial charge in [0, 0.05) is 12.7 Å². The first-order chi connectivity index (χ1) is 13.2. The van der Waals surface area contributed by atoms with Crippen LogP contribution in [0.15, 0.2) is 30.4 Å². The Bertz CT molecular complexity index is 592. The number of ether oxygens (including phenoxy) is 1. The van der Waals surface area contributed by atoms with Crippen molar-refractivity contribution in [2.75, 3.05) is 7.11 Å². The molecule has 1 aromatic rings. The zero-order valence-corrected chi connectivity index (χ0v) is 17.3. The third-order valence-electron chi connectivity index (χ3n) is 6.97. The van der Waals surface area contributed by atoms with Gasteiger partial charge in [0.25, 0.3) is 0 Å². The highest BCUT2D eigenvalue weighted by atomic mass is 19.1. The molecule has 0 spiro atoms. The Morgan fingerprint density at radius 3 is 2.26 bits per heavy atom. The first-order valence-corrected chi connectivity index (χ1v) is 11.1. The molecule has 0 N–H and O–H groups in total. The van der Waals surface area contributed by atoms with Gasteiger partial charge in [-0.3, -0.25) is 0 Å². The summed E-state index contributed by atoms with van der Waals surface area (Å²) in [6.07, 6.45) is 18.1. The second-order valence-electron chi connectivity index (χ2n) is 8.79. The standard InChI is InChI=1S/C25H37FO/c1-3-4-5-6-19-7-9-20(10-8-19)21-11-13-22(14-12-21)23-15-16-24(18-27-2)25(26)17-23/h5-6,15-17,19-22H,3-4,7-14,18H2,1-2H3/b6-5+. The molecule has 2 heteroatoms. The molecule has 0 aliphatic heterocycles. The number of benzene rings is 1. The van der Waals surface area contributed by atoms with E-state index in [1.807, 2.05) is 6.07 Å². The van der Waals surface area contributed by atoms with Crippen LogP contribution in [-0.2, 0) is 11.3 Å². The molecule has 0 atom stereocenters. The summed E-state index contributed by atoms with van der Waals surface area (Å²) >= 11 is 0. The SMILES string of the molecule is CCC/C=C/C1CCC(C2CCC(c3ccc(COC)c(F)c3)CC2)CC1. The van der Waals surface area contributed by atoms with Gasteiger partial charge in [-0.1, -0.05) is 37.6 Å². The van der Waals surface area contributed by atoms with Crippen LogP contribution in [0.3, 0.4) is 0 Å². The number of rotatable bonds is 7. The van der Waals surface area contributed by atoms with Crippen molar-refractivity contribution in [2.24, 2.45) is 17.8 Å². The maximum absolute atomic E-state index is 14.2. The Hall–Kier alpha value is -1.15. The first-order valence-electron chi connectivity index (χ1n) is 11.1. The summed E-state index contributed by atoms with van der Waals surface area (Å²) < 4.78 is 19.3. The molecular formula is C25H37FO. The van der Waals surface area contributed by atoms with E-state index in [0.717, 1.165) is 17.8 Å². The molecule has 0 radical (unpaired) electrons. The summed E-state index contributed by atoms with van der Waals surface area (Å²) in [5.74, 6) is 3.10. The van der Waals surface area contributed by atoms with E-state index in [0.29, 0.717) is 18.1 Å². The highest BCUT2D eigenvalue weighted by Gasteiger charge is 2.30. The molecule has 0 saturated heterocycles. The highest BCUT2D eigenvalue weighted by molar-refractivity contribution is 5.27. The normalized spacial score (nSPS) is 29.3. The van der Waals surface area contributed by atoms with Crippen molar-refractivity contribution in [2.45, 2.75) is 83.7 Å². The van der Waals surface area contributed by atoms with E-state index in [9.17, 15) is 4.39 Å². The smallest absolute Gasteiger partial charge is 0.129 e. The van der Waals surface area contributed by atoms with Gasteiger partial charge in [0.2, 0.25) is 0 Å². The Morgan fingerprint density at radius 2 is 1.67 bits per heavy atom. The van der Waals surface area contributed by atoms with Gasteiger partial charge < -0.3 is 4.74 Å². The molecule has 0 amide bonds. The predicted octanol–water partition coefficient (Wildman–Crippen LogP) is 7.41. The number of methoxy groups -OCH3 is 1. The van der Waals surface area contributed by atoms with Crippen molar-refractivity contribution < 1.29 is 9.13 Å². The third kappa shape index (κ3) is 5.67. The molecule has 2 saturated carbocycles. The highest BCUT2D eigenvalue weighted by Crippen LogP contribution is 2.44. The number of hydrogen-bond donors (Lipinski definition) is 0. The van der Waals surface area contributed by atoms with Crippen LogP contribution in [-0.4, -0.2) is 7.11 Å². The second-order valence-corrected chi connectivity index (χ2v) is 8.79. The quantitative estimate of drug-likeness (QED) is 0.453. The molecule has 150 valence electrons. The van der Waals surface area contributed by atoms with Crippen LogP contribution >= 0.6 is 0 Å². The van der Waals surface area contributed by atoms with Crippen LogP contribution in [0.25, 0.3) is 0 Å². The Kier molecular flexibility index (Phi) is 7.93. The zero-order valence-electron chi connectivity index (χ0n) is 17.3. The molecule has 2 aliphatic carbocycles. The van der Waals surface area contributed by atoms with Crippen LogP contribution in [0, 0.1) is 23.6 Å². The van der Waals surface area contributed by atoms with Crippen molar-refractivity contribution in [3.63, 3.8) is 0 Å². The van der Waals surface area contributed by atoms with Crippen molar-refractivity contribution in [1.29, 1.82) is 0 Å². The summed E-state index contributed by atoms with van der Waals surface area (Å²) in [5, 5.41) is 0. The van der Waals surface area contributed by atoms with Crippen molar-refractivity contribution >= 4 is 0 Å². The summed E-state index contributed by atoms with van der Waals surface area (Å²) in [6, 6.07) is 5.79. The minimum Gasteiger partial charge on any atom is -0.380 e. The van der Waals surface area contributed by atoms with Crippen LogP contribution in [0.1, 0.15) is 88.2 Å². The topological polar surface area (TPSA) is 9.23 Å². The fourth-order valence-electron chi connectivity index (χ4n) is 5.28. The average Bonchev–Trinajstić information content (AvgIpc) is 2.71. The maximum atomic E-state index is 14.2. The number of halogens is 1. The zero-order chi connectivity index (χ0) is 19.1. The lowest BCUT2D eigenvalue weighted by molar-refractivity contribution is 0.171. The van der Waals surface area contributed by atoms with Gasteiger partial charge in [-0.2, -0.15) is 0 Å². The molecule has 2 fully saturated rings. The van der Waals surface area contributed by atoms with Gasteiger partial charge in [-0.05, 0) is 93.1 Å². The lowest BCUT2D eigenvalue weighted by Crippen LogP contribution is -2.25. The van der Waals surface area contributed by atoms with E-state index < -0.39 is 0 Å².